The van der Waals surface area contributed by atoms with Gasteiger partial charge in [0.2, 0.25) is 0 Å². The summed E-state index contributed by atoms with van der Waals surface area (Å²) in [6, 6.07) is 5.93. The molecule has 0 atom stereocenters. The molecule has 2 N–H and O–H groups in total. The van der Waals surface area contributed by atoms with Gasteiger partial charge in [0, 0.05) is 23.5 Å². The monoisotopic (exact) mass is 163 g/mol. The minimum atomic E-state index is 0.734. The van der Waals surface area contributed by atoms with Crippen molar-refractivity contribution in [1.82, 2.24) is 4.98 Å². The first-order chi connectivity index (χ1) is 5.72. The standard InChI is InChI=1S/C9H13N3/c1-7-4-3-5-9(11-7)6-8(2)12-10/h3-5H,6,10H2,1-2H3/b12-8+. The predicted molar refractivity (Wildman–Crippen MR) is 50.0 cm³/mol. The molecule has 0 saturated carbocycles. The second kappa shape index (κ2) is 3.85. The molecule has 0 aliphatic heterocycles. The van der Waals surface area contributed by atoms with Crippen molar-refractivity contribution in [3.63, 3.8) is 0 Å². The fourth-order valence-electron chi connectivity index (χ4n) is 1.01. The van der Waals surface area contributed by atoms with Crippen molar-refractivity contribution in [3.05, 3.63) is 29.6 Å². The quantitative estimate of drug-likeness (QED) is 0.405. The van der Waals surface area contributed by atoms with Crippen LogP contribution in [0.2, 0.25) is 0 Å². The average molecular weight is 163 g/mol. The average Bonchev–Trinajstić information content (AvgIpc) is 2.04. The molecular formula is C9H13N3. The summed E-state index contributed by atoms with van der Waals surface area (Å²) in [5.41, 5.74) is 2.94. The zero-order chi connectivity index (χ0) is 8.97. The van der Waals surface area contributed by atoms with E-state index in [0.717, 1.165) is 23.5 Å². The topological polar surface area (TPSA) is 51.3 Å². The number of aryl methyl sites for hydroxylation is 1. The Morgan fingerprint density at radius 2 is 2.33 bits per heavy atom. The van der Waals surface area contributed by atoms with Crippen molar-refractivity contribution >= 4 is 5.71 Å². The normalized spacial score (nSPS) is 11.7. The van der Waals surface area contributed by atoms with Crippen LogP contribution in [0.4, 0.5) is 0 Å². The fraction of sp³-hybridized carbons (Fsp3) is 0.333. The van der Waals surface area contributed by atoms with Crippen LogP contribution in [0, 0.1) is 6.92 Å². The number of nitrogens with zero attached hydrogens (tertiary/aromatic N) is 2. The van der Waals surface area contributed by atoms with Crippen LogP contribution >= 0.6 is 0 Å². The Morgan fingerprint density at radius 1 is 1.58 bits per heavy atom. The van der Waals surface area contributed by atoms with Crippen LogP contribution in [0.5, 0.6) is 0 Å². The van der Waals surface area contributed by atoms with Gasteiger partial charge in [-0.2, -0.15) is 5.10 Å². The minimum Gasteiger partial charge on any atom is -0.323 e. The van der Waals surface area contributed by atoms with Crippen LogP contribution in [0.3, 0.4) is 0 Å². The van der Waals surface area contributed by atoms with Gasteiger partial charge in [0.05, 0.1) is 0 Å². The third-order valence-corrected chi connectivity index (χ3v) is 1.60. The van der Waals surface area contributed by atoms with Gasteiger partial charge in [-0.25, -0.2) is 0 Å². The maximum atomic E-state index is 5.12. The predicted octanol–water partition coefficient (Wildman–Crippen LogP) is 1.27. The van der Waals surface area contributed by atoms with Gasteiger partial charge in [0.1, 0.15) is 0 Å². The second-order valence-corrected chi connectivity index (χ2v) is 2.81. The smallest absolute Gasteiger partial charge is 0.0463 e. The summed E-state index contributed by atoms with van der Waals surface area (Å²) >= 11 is 0. The number of nitrogens with two attached hydrogens (primary N) is 1. The van der Waals surface area contributed by atoms with Crippen molar-refractivity contribution in [3.8, 4) is 0 Å². The molecule has 1 heterocycles. The number of pyridine rings is 1. The summed E-state index contributed by atoms with van der Waals surface area (Å²) in [4.78, 5) is 4.32. The zero-order valence-electron chi connectivity index (χ0n) is 7.41. The van der Waals surface area contributed by atoms with E-state index >= 15 is 0 Å². The van der Waals surface area contributed by atoms with Crippen LogP contribution in [-0.4, -0.2) is 10.7 Å². The van der Waals surface area contributed by atoms with Gasteiger partial charge in [-0.3, -0.25) is 4.98 Å². The molecule has 0 bridgehead atoms. The van der Waals surface area contributed by atoms with Crippen molar-refractivity contribution in [1.29, 1.82) is 0 Å². The summed E-state index contributed by atoms with van der Waals surface area (Å²) in [6.07, 6.45) is 0.734. The van der Waals surface area contributed by atoms with E-state index < -0.39 is 0 Å². The van der Waals surface area contributed by atoms with Crippen LogP contribution in [0.1, 0.15) is 18.3 Å². The summed E-state index contributed by atoms with van der Waals surface area (Å²) in [6.45, 7) is 3.86. The highest BCUT2D eigenvalue weighted by atomic mass is 15.1. The van der Waals surface area contributed by atoms with E-state index in [1.54, 1.807) is 0 Å². The van der Waals surface area contributed by atoms with Gasteiger partial charge in [-0.05, 0) is 26.0 Å². The van der Waals surface area contributed by atoms with Gasteiger partial charge in [-0.1, -0.05) is 6.07 Å². The van der Waals surface area contributed by atoms with Crippen LogP contribution < -0.4 is 5.84 Å². The molecule has 3 heteroatoms. The van der Waals surface area contributed by atoms with E-state index in [1.165, 1.54) is 0 Å². The maximum absolute atomic E-state index is 5.12. The van der Waals surface area contributed by atoms with Crippen LogP contribution in [-0.2, 0) is 6.42 Å². The number of rotatable bonds is 2. The highest BCUT2D eigenvalue weighted by Crippen LogP contribution is 1.99. The van der Waals surface area contributed by atoms with Crippen LogP contribution in [0.25, 0.3) is 0 Å². The molecule has 0 saturated heterocycles. The van der Waals surface area contributed by atoms with Crippen molar-refractivity contribution in [2.75, 3.05) is 0 Å². The first kappa shape index (κ1) is 8.71. The lowest BCUT2D eigenvalue weighted by Gasteiger charge is -1.99. The summed E-state index contributed by atoms with van der Waals surface area (Å²) in [5.74, 6) is 5.12. The molecule has 1 rings (SSSR count). The Bertz CT molecular complexity index is 292. The summed E-state index contributed by atoms with van der Waals surface area (Å²) < 4.78 is 0. The third kappa shape index (κ3) is 2.34. The molecule has 64 valence electrons. The lowest BCUT2D eigenvalue weighted by molar-refractivity contribution is 1.07. The molecule has 1 aromatic rings. The van der Waals surface area contributed by atoms with Crippen molar-refractivity contribution in [2.24, 2.45) is 10.9 Å². The second-order valence-electron chi connectivity index (χ2n) is 2.81. The zero-order valence-corrected chi connectivity index (χ0v) is 7.41. The first-order valence-electron chi connectivity index (χ1n) is 3.88. The van der Waals surface area contributed by atoms with Gasteiger partial charge in [0.15, 0.2) is 0 Å². The Morgan fingerprint density at radius 3 is 2.92 bits per heavy atom. The Balaban J connectivity index is 2.76. The highest BCUT2D eigenvalue weighted by molar-refractivity contribution is 5.83. The Hall–Kier alpha value is -1.38. The fourth-order valence-corrected chi connectivity index (χ4v) is 1.01. The maximum Gasteiger partial charge on any atom is 0.0463 e. The van der Waals surface area contributed by atoms with E-state index in [1.807, 2.05) is 32.0 Å². The first-order valence-corrected chi connectivity index (χ1v) is 3.88. The van der Waals surface area contributed by atoms with E-state index in [0.29, 0.717) is 0 Å². The van der Waals surface area contributed by atoms with E-state index in [-0.39, 0.29) is 0 Å². The number of aromatic nitrogens is 1. The molecule has 0 aliphatic carbocycles. The minimum absolute atomic E-state index is 0.734. The van der Waals surface area contributed by atoms with E-state index in [4.69, 9.17) is 5.84 Å². The van der Waals surface area contributed by atoms with Crippen molar-refractivity contribution < 1.29 is 0 Å². The van der Waals surface area contributed by atoms with Gasteiger partial charge in [0.25, 0.3) is 0 Å². The molecule has 3 nitrogen and oxygen atoms in total. The molecule has 0 aliphatic rings. The van der Waals surface area contributed by atoms with Crippen molar-refractivity contribution in [2.45, 2.75) is 20.3 Å². The molecular weight excluding hydrogens is 150 g/mol. The lowest BCUT2D eigenvalue weighted by atomic mass is 10.2. The Kier molecular flexibility index (Phi) is 2.80. The highest BCUT2D eigenvalue weighted by Gasteiger charge is 1.96. The number of hydrogen-bond donors (Lipinski definition) is 1. The molecule has 0 spiro atoms. The van der Waals surface area contributed by atoms with Gasteiger partial charge >= 0.3 is 0 Å². The molecule has 12 heavy (non-hydrogen) atoms. The molecule has 0 amide bonds. The van der Waals surface area contributed by atoms with Gasteiger partial charge < -0.3 is 5.84 Å². The number of hydrazone groups is 1. The molecule has 0 radical (unpaired) electrons. The summed E-state index contributed by atoms with van der Waals surface area (Å²) in [7, 11) is 0. The molecule has 0 aromatic carbocycles. The number of hydrogen-bond acceptors (Lipinski definition) is 3. The summed E-state index contributed by atoms with van der Waals surface area (Å²) in [5, 5.41) is 3.59. The van der Waals surface area contributed by atoms with Crippen LogP contribution in [0.15, 0.2) is 23.3 Å². The largest absolute Gasteiger partial charge is 0.323 e. The third-order valence-electron chi connectivity index (χ3n) is 1.60. The molecule has 0 unspecified atom stereocenters. The lowest BCUT2D eigenvalue weighted by Crippen LogP contribution is -2.03. The molecule has 1 aromatic heterocycles. The van der Waals surface area contributed by atoms with E-state index in [2.05, 4.69) is 10.1 Å². The molecule has 0 fully saturated rings. The Labute approximate surface area is 72.3 Å². The SMILES string of the molecule is C/C(Cc1cccc(C)n1)=N\N. The van der Waals surface area contributed by atoms with E-state index in [9.17, 15) is 0 Å². The van der Waals surface area contributed by atoms with Gasteiger partial charge in [-0.15, -0.1) is 0 Å².